The van der Waals surface area contributed by atoms with Gasteiger partial charge in [0, 0.05) is 6.26 Å². The average Bonchev–Trinajstić information content (AvgIpc) is 2.98. The molecule has 3 atom stereocenters. The van der Waals surface area contributed by atoms with Crippen LogP contribution in [0, 0.1) is 17.3 Å². The molecule has 3 rings (SSSR count). The van der Waals surface area contributed by atoms with Gasteiger partial charge in [-0.1, -0.05) is 32.1 Å². The summed E-state index contributed by atoms with van der Waals surface area (Å²) in [4.78, 5) is 0. The van der Waals surface area contributed by atoms with Crippen molar-refractivity contribution in [3.8, 4) is 0 Å². The minimum absolute atomic E-state index is 0.0623. The first-order chi connectivity index (χ1) is 9.04. The lowest BCUT2D eigenvalue weighted by Gasteiger charge is -2.48. The van der Waals surface area contributed by atoms with Crippen molar-refractivity contribution < 1.29 is 8.42 Å². The van der Waals surface area contributed by atoms with Crippen molar-refractivity contribution in [3.63, 3.8) is 0 Å². The topological polar surface area (TPSA) is 46.2 Å². The molecule has 0 radical (unpaired) electrons. The third-order valence-corrected chi connectivity index (χ3v) is 7.84. The van der Waals surface area contributed by atoms with E-state index in [2.05, 4.69) is 5.32 Å². The lowest BCUT2D eigenvalue weighted by Crippen LogP contribution is -2.53. The summed E-state index contributed by atoms with van der Waals surface area (Å²) in [5.41, 5.74) is 0.105. The molecule has 19 heavy (non-hydrogen) atoms. The van der Waals surface area contributed by atoms with Gasteiger partial charge in [-0.3, -0.25) is 0 Å². The van der Waals surface area contributed by atoms with Gasteiger partial charge in [-0.25, -0.2) is 8.42 Å². The summed E-state index contributed by atoms with van der Waals surface area (Å²) in [6.45, 7) is 2.06. The van der Waals surface area contributed by atoms with Crippen molar-refractivity contribution in [3.05, 3.63) is 0 Å². The Morgan fingerprint density at radius 3 is 2.47 bits per heavy atom. The molecular formula is C15H27NO2S. The Morgan fingerprint density at radius 1 is 1.05 bits per heavy atom. The Balaban J connectivity index is 1.93. The molecular weight excluding hydrogens is 258 g/mol. The van der Waals surface area contributed by atoms with Gasteiger partial charge >= 0.3 is 0 Å². The summed E-state index contributed by atoms with van der Waals surface area (Å²) in [6, 6.07) is 0. The maximum atomic E-state index is 12.2. The van der Waals surface area contributed by atoms with Crippen molar-refractivity contribution >= 4 is 9.84 Å². The van der Waals surface area contributed by atoms with Crippen LogP contribution in [0.1, 0.15) is 51.4 Å². The number of nitrogens with one attached hydrogen (secondary N) is 1. The highest BCUT2D eigenvalue weighted by Crippen LogP contribution is 2.55. The Bertz CT molecular complexity index is 427. The molecule has 2 saturated carbocycles. The van der Waals surface area contributed by atoms with E-state index in [1.807, 2.05) is 0 Å². The van der Waals surface area contributed by atoms with Crippen LogP contribution in [0.25, 0.3) is 0 Å². The predicted molar refractivity (Wildman–Crippen MR) is 77.9 cm³/mol. The highest BCUT2D eigenvalue weighted by atomic mass is 32.2. The molecule has 0 bridgehead atoms. The minimum Gasteiger partial charge on any atom is -0.316 e. The summed E-state index contributed by atoms with van der Waals surface area (Å²) in [5.74, 6) is 1.38. The summed E-state index contributed by atoms with van der Waals surface area (Å²) >= 11 is 0. The Labute approximate surface area is 117 Å². The van der Waals surface area contributed by atoms with E-state index < -0.39 is 9.84 Å². The van der Waals surface area contributed by atoms with Crippen molar-refractivity contribution in [1.82, 2.24) is 5.32 Å². The molecule has 3 aliphatic rings. The fraction of sp³-hybridized carbons (Fsp3) is 1.00. The van der Waals surface area contributed by atoms with Crippen molar-refractivity contribution in [2.75, 3.05) is 19.3 Å². The highest BCUT2D eigenvalue weighted by Gasteiger charge is 2.55. The van der Waals surface area contributed by atoms with Gasteiger partial charge in [0.2, 0.25) is 0 Å². The maximum absolute atomic E-state index is 12.2. The van der Waals surface area contributed by atoms with E-state index in [0.717, 1.165) is 44.7 Å². The second-order valence-electron chi connectivity index (χ2n) is 7.05. The fourth-order valence-electron chi connectivity index (χ4n) is 5.38. The van der Waals surface area contributed by atoms with E-state index in [4.69, 9.17) is 0 Å². The zero-order chi connectivity index (χ0) is 13.5. The van der Waals surface area contributed by atoms with Crippen LogP contribution in [0.3, 0.4) is 0 Å². The average molecular weight is 285 g/mol. The first-order valence-electron chi connectivity index (χ1n) is 7.94. The van der Waals surface area contributed by atoms with E-state index in [9.17, 15) is 8.42 Å². The molecule has 1 N–H and O–H groups in total. The Morgan fingerprint density at radius 2 is 1.79 bits per heavy atom. The molecule has 1 saturated heterocycles. The second kappa shape index (κ2) is 5.03. The van der Waals surface area contributed by atoms with Crippen molar-refractivity contribution in [2.24, 2.45) is 17.3 Å². The molecule has 3 nitrogen and oxygen atoms in total. The standard InChI is InChI=1S/C15H27NO2S/c1-19(17,18)14-7-4-8-15(14)9-10-16-11-13(15)12-5-2-3-6-12/h12-14,16H,2-11H2,1H3. The molecule has 0 amide bonds. The van der Waals surface area contributed by atoms with Crippen molar-refractivity contribution in [2.45, 2.75) is 56.6 Å². The van der Waals surface area contributed by atoms with Crippen LogP contribution in [0.15, 0.2) is 0 Å². The number of hydrogen-bond acceptors (Lipinski definition) is 3. The molecule has 1 heterocycles. The van der Waals surface area contributed by atoms with Crippen LogP contribution in [-0.2, 0) is 9.84 Å². The van der Waals surface area contributed by atoms with E-state index >= 15 is 0 Å². The van der Waals surface area contributed by atoms with Crippen LogP contribution in [0.4, 0.5) is 0 Å². The third-order valence-electron chi connectivity index (χ3n) is 6.11. The largest absolute Gasteiger partial charge is 0.316 e. The monoisotopic (exact) mass is 285 g/mol. The molecule has 3 unspecified atom stereocenters. The summed E-state index contributed by atoms with van der Waals surface area (Å²) < 4.78 is 24.5. The van der Waals surface area contributed by atoms with Crippen molar-refractivity contribution in [1.29, 1.82) is 0 Å². The van der Waals surface area contributed by atoms with Gasteiger partial charge in [-0.05, 0) is 49.6 Å². The lowest BCUT2D eigenvalue weighted by molar-refractivity contribution is 0.0694. The molecule has 0 aromatic rings. The van der Waals surface area contributed by atoms with Gasteiger partial charge in [0.05, 0.1) is 5.25 Å². The molecule has 1 spiro atoms. The van der Waals surface area contributed by atoms with Gasteiger partial charge in [0.15, 0.2) is 9.84 Å². The van der Waals surface area contributed by atoms with Gasteiger partial charge < -0.3 is 5.32 Å². The zero-order valence-electron chi connectivity index (χ0n) is 12.0. The molecule has 3 fully saturated rings. The quantitative estimate of drug-likeness (QED) is 0.847. The molecule has 0 aromatic carbocycles. The van der Waals surface area contributed by atoms with E-state index in [1.165, 1.54) is 31.9 Å². The van der Waals surface area contributed by atoms with Crippen LogP contribution in [-0.4, -0.2) is 33.0 Å². The Kier molecular flexibility index (Phi) is 3.67. The highest BCUT2D eigenvalue weighted by molar-refractivity contribution is 7.91. The third kappa shape index (κ3) is 2.35. The summed E-state index contributed by atoms with van der Waals surface area (Å²) in [7, 11) is -2.90. The van der Waals surface area contributed by atoms with E-state index in [-0.39, 0.29) is 10.7 Å². The smallest absolute Gasteiger partial charge is 0.150 e. The first-order valence-corrected chi connectivity index (χ1v) is 9.89. The fourth-order valence-corrected chi connectivity index (χ4v) is 7.24. The SMILES string of the molecule is CS(=O)(=O)C1CCCC12CCNCC2C1CCCC1. The molecule has 2 aliphatic carbocycles. The lowest BCUT2D eigenvalue weighted by atomic mass is 9.64. The van der Waals surface area contributed by atoms with E-state index in [1.54, 1.807) is 0 Å². The van der Waals surface area contributed by atoms with Gasteiger partial charge in [-0.15, -0.1) is 0 Å². The molecule has 4 heteroatoms. The van der Waals surface area contributed by atoms with E-state index in [0.29, 0.717) is 5.92 Å². The van der Waals surface area contributed by atoms with Crippen LogP contribution >= 0.6 is 0 Å². The zero-order valence-corrected chi connectivity index (χ0v) is 12.8. The number of rotatable bonds is 2. The van der Waals surface area contributed by atoms with Crippen LogP contribution < -0.4 is 5.32 Å². The minimum atomic E-state index is -2.90. The molecule has 110 valence electrons. The summed E-state index contributed by atoms with van der Waals surface area (Å²) in [6.07, 6.45) is 11.1. The van der Waals surface area contributed by atoms with Gasteiger partial charge in [-0.2, -0.15) is 0 Å². The second-order valence-corrected chi connectivity index (χ2v) is 9.28. The number of piperidine rings is 1. The molecule has 1 aliphatic heterocycles. The van der Waals surface area contributed by atoms with Crippen LogP contribution in [0.2, 0.25) is 0 Å². The summed E-state index contributed by atoms with van der Waals surface area (Å²) in [5, 5.41) is 3.48. The van der Waals surface area contributed by atoms with Crippen LogP contribution in [0.5, 0.6) is 0 Å². The number of sulfone groups is 1. The molecule has 0 aromatic heterocycles. The predicted octanol–water partition coefficient (Wildman–Crippen LogP) is 2.37. The first kappa shape index (κ1) is 13.9. The van der Waals surface area contributed by atoms with Gasteiger partial charge in [0.25, 0.3) is 0 Å². The number of hydrogen-bond donors (Lipinski definition) is 1. The Hall–Kier alpha value is -0.0900. The normalized spacial score (nSPS) is 41.1. The maximum Gasteiger partial charge on any atom is 0.150 e. The van der Waals surface area contributed by atoms with Gasteiger partial charge in [0.1, 0.15) is 0 Å².